The molecule has 0 saturated carbocycles. The molecule has 1 aromatic heterocycles. The highest BCUT2D eigenvalue weighted by atomic mass is 35.5. The topological polar surface area (TPSA) is 111 Å². The summed E-state index contributed by atoms with van der Waals surface area (Å²) in [6, 6.07) is 18.4. The van der Waals surface area contributed by atoms with E-state index in [1.807, 2.05) is 24.3 Å². The lowest BCUT2D eigenvalue weighted by Gasteiger charge is -2.23. The number of thioether (sulfide) groups is 1. The molecule has 12 heteroatoms. The third-order valence-corrected chi connectivity index (χ3v) is 9.08. The molecular formula is C29H22ClN3O6S2. The summed E-state index contributed by atoms with van der Waals surface area (Å²) in [5.41, 5.74) is 1.77. The van der Waals surface area contributed by atoms with Crippen LogP contribution < -0.4 is 19.1 Å². The number of carbonyl (C=O) groups is 2. The average molecular weight is 608 g/mol. The maximum atomic E-state index is 13.5. The first kappa shape index (κ1) is 27.1. The molecule has 1 fully saturated rings. The summed E-state index contributed by atoms with van der Waals surface area (Å²) < 4.78 is 17.1. The number of fused-ring (bicyclic) bond motifs is 1. The maximum absolute atomic E-state index is 13.5. The second-order valence-corrected chi connectivity index (χ2v) is 11.6. The number of Topliss-reactive ketones (excluding diaryl/α,β-unsaturated/α-hetero) is 1. The van der Waals surface area contributed by atoms with Gasteiger partial charge in [0.1, 0.15) is 24.7 Å². The van der Waals surface area contributed by atoms with E-state index in [2.05, 4.69) is 10.2 Å². The fourth-order valence-corrected chi connectivity index (χ4v) is 6.74. The molecule has 0 spiro atoms. The molecule has 1 atom stereocenters. The molecule has 0 aliphatic carbocycles. The van der Waals surface area contributed by atoms with Crippen molar-refractivity contribution in [2.75, 3.05) is 25.2 Å². The molecule has 0 unspecified atom stereocenters. The van der Waals surface area contributed by atoms with Gasteiger partial charge >= 0.3 is 5.91 Å². The monoisotopic (exact) mass is 607 g/mol. The number of nitrogens with zero attached hydrogens (tertiary/aromatic N) is 3. The lowest BCUT2D eigenvalue weighted by atomic mass is 9.95. The quantitative estimate of drug-likeness (QED) is 0.0903. The summed E-state index contributed by atoms with van der Waals surface area (Å²) in [4.78, 5) is 28.3. The molecule has 208 valence electrons. The van der Waals surface area contributed by atoms with E-state index in [-0.39, 0.29) is 16.5 Å². The number of hydrogen-bond donors (Lipinski definition) is 1. The number of methoxy groups -OCH3 is 1. The standard InChI is InChI=1S/C29H22ClN3O6S2/c1-37-19-9-6-16(7-10-19)24-23(25(34)17-8-11-21-22(14-17)39-13-12-38-21)26(35)27(36)33(24)28-31-32-29(41-28)40-15-18-4-2-3-5-20(18)30/h2-11,14,24,34H,12-13,15H2,1H3/b25-23+/t24-/m0/s1. The molecule has 1 amide bonds. The highest BCUT2D eigenvalue weighted by Gasteiger charge is 2.48. The van der Waals surface area contributed by atoms with Crippen molar-refractivity contribution in [3.63, 3.8) is 0 Å². The van der Waals surface area contributed by atoms with Crippen LogP contribution in [0.4, 0.5) is 5.13 Å². The maximum Gasteiger partial charge on any atom is 0.301 e. The molecule has 3 aromatic carbocycles. The molecule has 2 aliphatic rings. The van der Waals surface area contributed by atoms with Gasteiger partial charge in [-0.25, -0.2) is 0 Å². The second-order valence-electron chi connectivity index (χ2n) is 9.03. The predicted molar refractivity (Wildman–Crippen MR) is 156 cm³/mol. The summed E-state index contributed by atoms with van der Waals surface area (Å²) in [6.07, 6.45) is 0. The minimum atomic E-state index is -0.955. The Morgan fingerprint density at radius 3 is 2.59 bits per heavy atom. The smallest absolute Gasteiger partial charge is 0.301 e. The molecule has 1 N–H and O–H groups in total. The first-order valence-corrected chi connectivity index (χ1v) is 14.7. The lowest BCUT2D eigenvalue weighted by Crippen LogP contribution is -2.29. The normalized spacial score (nSPS) is 17.6. The van der Waals surface area contributed by atoms with Crippen LogP contribution in [-0.2, 0) is 15.3 Å². The number of benzene rings is 3. The number of anilines is 1. The molecule has 0 radical (unpaired) electrons. The number of aromatic nitrogens is 2. The number of amides is 1. The van der Waals surface area contributed by atoms with Crippen molar-refractivity contribution < 1.29 is 28.9 Å². The van der Waals surface area contributed by atoms with Gasteiger partial charge in [-0.1, -0.05) is 65.0 Å². The predicted octanol–water partition coefficient (Wildman–Crippen LogP) is 5.89. The van der Waals surface area contributed by atoms with E-state index in [0.717, 1.165) is 5.56 Å². The van der Waals surface area contributed by atoms with Crippen molar-refractivity contribution in [2.24, 2.45) is 0 Å². The number of aliphatic hydroxyl groups is 1. The zero-order chi connectivity index (χ0) is 28.5. The Hall–Kier alpha value is -4.06. The van der Waals surface area contributed by atoms with Crippen LogP contribution in [0, 0.1) is 0 Å². The highest BCUT2D eigenvalue weighted by Crippen LogP contribution is 2.45. The summed E-state index contributed by atoms with van der Waals surface area (Å²) >= 11 is 8.89. The number of ether oxygens (including phenoxy) is 3. The summed E-state index contributed by atoms with van der Waals surface area (Å²) in [6.45, 7) is 0.781. The molecular weight excluding hydrogens is 586 g/mol. The molecule has 0 bridgehead atoms. The summed E-state index contributed by atoms with van der Waals surface area (Å²) in [5.74, 6) is 0.158. The van der Waals surface area contributed by atoms with E-state index in [9.17, 15) is 14.7 Å². The van der Waals surface area contributed by atoms with E-state index in [4.69, 9.17) is 25.8 Å². The molecule has 2 aliphatic heterocycles. The minimum absolute atomic E-state index is 0.0719. The highest BCUT2D eigenvalue weighted by molar-refractivity contribution is 8.00. The van der Waals surface area contributed by atoms with Crippen molar-refractivity contribution >= 4 is 57.3 Å². The van der Waals surface area contributed by atoms with Crippen LogP contribution in [0.15, 0.2) is 76.6 Å². The molecule has 3 heterocycles. The largest absolute Gasteiger partial charge is 0.507 e. The Balaban J connectivity index is 1.39. The number of carbonyl (C=O) groups excluding carboxylic acids is 2. The minimum Gasteiger partial charge on any atom is -0.507 e. The van der Waals surface area contributed by atoms with Gasteiger partial charge in [-0.05, 0) is 47.5 Å². The number of hydrogen-bond acceptors (Lipinski definition) is 10. The van der Waals surface area contributed by atoms with Crippen LogP contribution in [0.1, 0.15) is 22.7 Å². The van der Waals surface area contributed by atoms with Crippen LogP contribution >= 0.6 is 34.7 Å². The van der Waals surface area contributed by atoms with Crippen LogP contribution in [-0.4, -0.2) is 47.3 Å². The van der Waals surface area contributed by atoms with Crippen molar-refractivity contribution in [1.82, 2.24) is 10.2 Å². The SMILES string of the molecule is COc1ccc([C@H]2/C(=C(\O)c3ccc4c(c3)OCCO4)C(=O)C(=O)N2c2nnc(SCc3ccccc3Cl)s2)cc1. The summed E-state index contributed by atoms with van der Waals surface area (Å²) in [7, 11) is 1.55. The average Bonchev–Trinajstić information content (AvgIpc) is 3.58. The fraction of sp³-hybridized carbons (Fsp3) is 0.172. The molecule has 4 aromatic rings. The Morgan fingerprint density at radius 1 is 1.07 bits per heavy atom. The second kappa shape index (κ2) is 11.4. The van der Waals surface area contributed by atoms with Gasteiger partial charge in [-0.2, -0.15) is 0 Å². The van der Waals surface area contributed by atoms with Gasteiger partial charge in [0.15, 0.2) is 15.8 Å². The van der Waals surface area contributed by atoms with Crippen LogP contribution in [0.2, 0.25) is 5.02 Å². The fourth-order valence-electron chi connectivity index (χ4n) is 4.59. The van der Waals surface area contributed by atoms with Crippen molar-refractivity contribution in [3.05, 3.63) is 94.0 Å². The van der Waals surface area contributed by atoms with E-state index < -0.39 is 17.7 Å². The Morgan fingerprint density at radius 2 is 1.83 bits per heavy atom. The molecule has 9 nitrogen and oxygen atoms in total. The zero-order valence-electron chi connectivity index (χ0n) is 21.6. The van der Waals surface area contributed by atoms with Crippen molar-refractivity contribution in [3.8, 4) is 17.2 Å². The first-order valence-electron chi connectivity index (χ1n) is 12.5. The van der Waals surface area contributed by atoms with Gasteiger partial charge < -0.3 is 19.3 Å². The summed E-state index contributed by atoms with van der Waals surface area (Å²) in [5, 5.41) is 20.8. The third-order valence-electron chi connectivity index (χ3n) is 6.60. The van der Waals surface area contributed by atoms with Crippen LogP contribution in [0.25, 0.3) is 5.76 Å². The molecule has 41 heavy (non-hydrogen) atoms. The Bertz CT molecular complexity index is 1670. The van der Waals surface area contributed by atoms with Gasteiger partial charge in [0.05, 0.1) is 18.7 Å². The third kappa shape index (κ3) is 5.23. The van der Waals surface area contributed by atoms with Gasteiger partial charge in [-0.3, -0.25) is 14.5 Å². The van der Waals surface area contributed by atoms with Gasteiger partial charge in [-0.15, -0.1) is 10.2 Å². The number of halogens is 1. The van der Waals surface area contributed by atoms with Crippen LogP contribution in [0.5, 0.6) is 17.2 Å². The lowest BCUT2D eigenvalue weighted by molar-refractivity contribution is -0.132. The van der Waals surface area contributed by atoms with Gasteiger partial charge in [0.2, 0.25) is 5.13 Å². The zero-order valence-corrected chi connectivity index (χ0v) is 24.0. The van der Waals surface area contributed by atoms with E-state index in [1.165, 1.54) is 28.0 Å². The Kier molecular flexibility index (Phi) is 7.57. The van der Waals surface area contributed by atoms with Gasteiger partial charge in [0.25, 0.3) is 5.78 Å². The van der Waals surface area contributed by atoms with E-state index in [1.54, 1.807) is 49.6 Å². The van der Waals surface area contributed by atoms with Crippen molar-refractivity contribution in [2.45, 2.75) is 16.1 Å². The van der Waals surface area contributed by atoms with Crippen LogP contribution in [0.3, 0.4) is 0 Å². The number of rotatable bonds is 7. The van der Waals surface area contributed by atoms with Crippen molar-refractivity contribution in [1.29, 1.82) is 0 Å². The first-order chi connectivity index (χ1) is 19.9. The number of aliphatic hydroxyl groups excluding tert-OH is 1. The van der Waals surface area contributed by atoms with E-state index >= 15 is 0 Å². The Labute approximate surface area is 248 Å². The van der Waals surface area contributed by atoms with E-state index in [0.29, 0.717) is 56.7 Å². The van der Waals surface area contributed by atoms with Gasteiger partial charge in [0, 0.05) is 16.3 Å². The number of ketones is 1. The molecule has 6 rings (SSSR count). The molecule has 1 saturated heterocycles.